The molecule has 0 aliphatic heterocycles. The monoisotopic (exact) mass is 228 g/mol. The van der Waals surface area contributed by atoms with E-state index in [9.17, 15) is 9.18 Å². The van der Waals surface area contributed by atoms with Crippen LogP contribution < -0.4 is 0 Å². The van der Waals surface area contributed by atoms with Crippen molar-refractivity contribution in [2.45, 2.75) is 18.2 Å². The molecule has 0 saturated carbocycles. The van der Waals surface area contributed by atoms with E-state index in [0.29, 0.717) is 11.5 Å². The first-order valence-corrected chi connectivity index (χ1v) is 5.75. The van der Waals surface area contributed by atoms with Gasteiger partial charge < -0.3 is 4.74 Å². The second kappa shape index (κ2) is 6.45. The van der Waals surface area contributed by atoms with Crippen molar-refractivity contribution in [1.82, 2.24) is 0 Å². The summed E-state index contributed by atoms with van der Waals surface area (Å²) in [4.78, 5) is 11.6. The third-order valence-electron chi connectivity index (χ3n) is 1.65. The minimum atomic E-state index is -0.301. The predicted octanol–water partition coefficient (Wildman–Crippen LogP) is 2.87. The van der Waals surface area contributed by atoms with Crippen molar-refractivity contribution in [2.24, 2.45) is 0 Å². The lowest BCUT2D eigenvalue weighted by molar-refractivity contribution is -0.140. The average molecular weight is 228 g/mol. The molecular formula is C11H13FO2S. The quantitative estimate of drug-likeness (QED) is 0.572. The summed E-state index contributed by atoms with van der Waals surface area (Å²) in [5.41, 5.74) is 0. The van der Waals surface area contributed by atoms with Crippen molar-refractivity contribution in [2.75, 3.05) is 12.4 Å². The molecule has 0 bridgehead atoms. The second-order valence-corrected chi connectivity index (χ2v) is 3.96. The SMILES string of the molecule is CCCOC(=O)CSc1ccccc1F. The highest BCUT2D eigenvalue weighted by Crippen LogP contribution is 2.20. The Morgan fingerprint density at radius 3 is 2.87 bits per heavy atom. The van der Waals surface area contributed by atoms with Gasteiger partial charge in [0.15, 0.2) is 0 Å². The maximum atomic E-state index is 13.1. The van der Waals surface area contributed by atoms with Crippen molar-refractivity contribution in [3.05, 3.63) is 30.1 Å². The molecule has 0 aromatic heterocycles. The number of hydrogen-bond acceptors (Lipinski definition) is 3. The van der Waals surface area contributed by atoms with Gasteiger partial charge in [-0.15, -0.1) is 11.8 Å². The summed E-state index contributed by atoms with van der Waals surface area (Å²) in [7, 11) is 0. The van der Waals surface area contributed by atoms with E-state index in [4.69, 9.17) is 4.74 Å². The molecule has 0 aliphatic carbocycles. The fraction of sp³-hybridized carbons (Fsp3) is 0.364. The van der Waals surface area contributed by atoms with Gasteiger partial charge in [-0.2, -0.15) is 0 Å². The summed E-state index contributed by atoms with van der Waals surface area (Å²) < 4.78 is 18.0. The molecule has 15 heavy (non-hydrogen) atoms. The molecule has 0 N–H and O–H groups in total. The number of hydrogen-bond donors (Lipinski definition) is 0. The smallest absolute Gasteiger partial charge is 0.316 e. The lowest BCUT2D eigenvalue weighted by Crippen LogP contribution is -2.07. The molecular weight excluding hydrogens is 215 g/mol. The van der Waals surface area contributed by atoms with Crippen LogP contribution in [-0.2, 0) is 9.53 Å². The van der Waals surface area contributed by atoms with Gasteiger partial charge in [0, 0.05) is 4.90 Å². The highest BCUT2D eigenvalue weighted by Gasteiger charge is 2.06. The number of ether oxygens (including phenoxy) is 1. The molecule has 0 radical (unpaired) electrons. The Hall–Kier alpha value is -1.03. The van der Waals surface area contributed by atoms with E-state index in [-0.39, 0.29) is 17.5 Å². The number of halogens is 1. The molecule has 0 fully saturated rings. The van der Waals surface area contributed by atoms with Crippen molar-refractivity contribution >= 4 is 17.7 Å². The van der Waals surface area contributed by atoms with Crippen LogP contribution in [0.2, 0.25) is 0 Å². The Balaban J connectivity index is 2.37. The van der Waals surface area contributed by atoms with Gasteiger partial charge in [-0.25, -0.2) is 4.39 Å². The number of carbonyl (C=O) groups is 1. The van der Waals surface area contributed by atoms with E-state index >= 15 is 0 Å². The van der Waals surface area contributed by atoms with E-state index in [2.05, 4.69) is 0 Å². The minimum Gasteiger partial charge on any atom is -0.465 e. The van der Waals surface area contributed by atoms with Gasteiger partial charge in [0.2, 0.25) is 0 Å². The van der Waals surface area contributed by atoms with E-state index in [1.165, 1.54) is 6.07 Å². The molecule has 0 unspecified atom stereocenters. The Labute approximate surface area is 92.8 Å². The molecule has 82 valence electrons. The van der Waals surface area contributed by atoms with Crippen LogP contribution in [0.3, 0.4) is 0 Å². The first-order chi connectivity index (χ1) is 7.24. The third kappa shape index (κ3) is 4.34. The molecule has 1 aromatic carbocycles. The Bertz CT molecular complexity index is 328. The second-order valence-electron chi connectivity index (χ2n) is 2.94. The van der Waals surface area contributed by atoms with E-state index in [0.717, 1.165) is 18.2 Å². The molecule has 4 heteroatoms. The van der Waals surface area contributed by atoms with Crippen LogP contribution in [0.4, 0.5) is 4.39 Å². The van der Waals surface area contributed by atoms with E-state index in [1.807, 2.05) is 6.92 Å². The third-order valence-corrected chi connectivity index (χ3v) is 2.67. The summed E-state index contributed by atoms with van der Waals surface area (Å²) in [6.45, 7) is 2.36. The Morgan fingerprint density at radius 1 is 1.47 bits per heavy atom. The van der Waals surface area contributed by atoms with Gasteiger partial charge >= 0.3 is 5.97 Å². The summed E-state index contributed by atoms with van der Waals surface area (Å²) in [6.07, 6.45) is 0.802. The molecule has 1 rings (SSSR count). The molecule has 0 amide bonds. The zero-order valence-corrected chi connectivity index (χ0v) is 9.35. The zero-order valence-electron chi connectivity index (χ0n) is 8.53. The normalized spacial score (nSPS) is 10.0. The van der Waals surface area contributed by atoms with Crippen LogP contribution in [0.15, 0.2) is 29.2 Å². The highest BCUT2D eigenvalue weighted by atomic mass is 32.2. The van der Waals surface area contributed by atoms with E-state index in [1.54, 1.807) is 18.2 Å². The number of esters is 1. The van der Waals surface area contributed by atoms with Crippen molar-refractivity contribution < 1.29 is 13.9 Å². The molecule has 2 nitrogen and oxygen atoms in total. The fourth-order valence-corrected chi connectivity index (χ4v) is 1.69. The number of carbonyl (C=O) groups excluding carboxylic acids is 1. The van der Waals surface area contributed by atoms with Gasteiger partial charge in [-0.3, -0.25) is 4.79 Å². The Morgan fingerprint density at radius 2 is 2.20 bits per heavy atom. The highest BCUT2D eigenvalue weighted by molar-refractivity contribution is 8.00. The summed E-state index contributed by atoms with van der Waals surface area (Å²) in [6, 6.07) is 6.38. The average Bonchev–Trinajstić information content (AvgIpc) is 2.25. The lowest BCUT2D eigenvalue weighted by Gasteiger charge is -2.03. The molecule has 0 heterocycles. The molecule has 0 atom stereocenters. The molecule has 0 spiro atoms. The van der Waals surface area contributed by atoms with Crippen LogP contribution in [0.1, 0.15) is 13.3 Å². The number of rotatable bonds is 5. The van der Waals surface area contributed by atoms with Gasteiger partial charge in [0.05, 0.1) is 12.4 Å². The number of benzene rings is 1. The molecule has 0 saturated heterocycles. The maximum Gasteiger partial charge on any atom is 0.316 e. The predicted molar refractivity (Wildman–Crippen MR) is 58.4 cm³/mol. The molecule has 1 aromatic rings. The first-order valence-electron chi connectivity index (χ1n) is 4.77. The van der Waals surface area contributed by atoms with Gasteiger partial charge in [-0.05, 0) is 18.6 Å². The largest absolute Gasteiger partial charge is 0.465 e. The van der Waals surface area contributed by atoms with Crippen LogP contribution in [0, 0.1) is 5.82 Å². The van der Waals surface area contributed by atoms with Crippen LogP contribution >= 0.6 is 11.8 Å². The first kappa shape index (κ1) is 12.0. The lowest BCUT2D eigenvalue weighted by atomic mass is 10.3. The van der Waals surface area contributed by atoms with Gasteiger partial charge in [0.1, 0.15) is 5.82 Å². The standard InChI is InChI=1S/C11H13FO2S/c1-2-7-14-11(13)8-15-10-6-4-3-5-9(10)12/h3-6H,2,7-8H2,1H3. The zero-order chi connectivity index (χ0) is 11.1. The number of thioether (sulfide) groups is 1. The van der Waals surface area contributed by atoms with Crippen molar-refractivity contribution in [3.63, 3.8) is 0 Å². The minimum absolute atomic E-state index is 0.154. The van der Waals surface area contributed by atoms with Crippen molar-refractivity contribution in [1.29, 1.82) is 0 Å². The summed E-state index contributed by atoms with van der Waals surface area (Å²) in [5, 5.41) is 0. The topological polar surface area (TPSA) is 26.3 Å². The van der Waals surface area contributed by atoms with Gasteiger partial charge in [-0.1, -0.05) is 19.1 Å². The van der Waals surface area contributed by atoms with Crippen LogP contribution in [0.25, 0.3) is 0 Å². The summed E-state index contributed by atoms with van der Waals surface area (Å²) >= 11 is 1.16. The van der Waals surface area contributed by atoms with Crippen molar-refractivity contribution in [3.8, 4) is 0 Å². The van der Waals surface area contributed by atoms with E-state index < -0.39 is 0 Å². The van der Waals surface area contributed by atoms with Gasteiger partial charge in [0.25, 0.3) is 0 Å². The fourth-order valence-electron chi connectivity index (χ4n) is 0.956. The Kier molecular flexibility index (Phi) is 5.18. The maximum absolute atomic E-state index is 13.1. The van der Waals surface area contributed by atoms with Crippen LogP contribution in [-0.4, -0.2) is 18.3 Å². The molecule has 0 aliphatic rings. The summed E-state index contributed by atoms with van der Waals surface area (Å²) in [5.74, 6) is -0.447. The van der Waals surface area contributed by atoms with Crippen LogP contribution in [0.5, 0.6) is 0 Å².